The van der Waals surface area contributed by atoms with E-state index in [9.17, 15) is 5.11 Å². The van der Waals surface area contributed by atoms with Gasteiger partial charge >= 0.3 is 6.01 Å². The van der Waals surface area contributed by atoms with Crippen LogP contribution in [0.25, 0.3) is 10.9 Å². The summed E-state index contributed by atoms with van der Waals surface area (Å²) in [6.45, 7) is 2.20. The fourth-order valence-electron chi connectivity index (χ4n) is 4.11. The van der Waals surface area contributed by atoms with Crippen molar-refractivity contribution in [2.24, 2.45) is 0 Å². The Kier molecular flexibility index (Phi) is 5.56. The molecule has 0 amide bonds. The Morgan fingerprint density at radius 2 is 1.62 bits per heavy atom. The van der Waals surface area contributed by atoms with Crippen molar-refractivity contribution in [3.8, 4) is 17.6 Å². The van der Waals surface area contributed by atoms with Gasteiger partial charge in [-0.15, -0.1) is 0 Å². The van der Waals surface area contributed by atoms with E-state index in [1.54, 1.807) is 18.5 Å². The van der Waals surface area contributed by atoms with Crippen molar-refractivity contribution in [1.29, 1.82) is 0 Å². The van der Waals surface area contributed by atoms with Crippen molar-refractivity contribution in [1.82, 2.24) is 20.3 Å². The van der Waals surface area contributed by atoms with Crippen molar-refractivity contribution < 1.29 is 9.84 Å². The average molecular weight is 428 g/mol. The second-order valence-corrected chi connectivity index (χ2v) is 7.99. The molecule has 0 saturated carbocycles. The summed E-state index contributed by atoms with van der Waals surface area (Å²) < 4.78 is 5.76. The number of anilines is 2. The smallest absolute Gasteiger partial charge is 0.325 e. The van der Waals surface area contributed by atoms with Crippen molar-refractivity contribution in [3.63, 3.8) is 0 Å². The van der Waals surface area contributed by atoms with Gasteiger partial charge < -0.3 is 20.1 Å². The van der Waals surface area contributed by atoms with Gasteiger partial charge in [0.05, 0.1) is 17.1 Å². The number of fused-ring (bicyclic) bond motifs is 1. The molecule has 2 aromatic carbocycles. The van der Waals surface area contributed by atoms with E-state index in [0.717, 1.165) is 24.5 Å². The van der Waals surface area contributed by atoms with Crippen molar-refractivity contribution in [3.05, 3.63) is 72.6 Å². The number of hydrogen-bond donors (Lipinski definition) is 2. The van der Waals surface area contributed by atoms with E-state index in [1.807, 2.05) is 31.3 Å². The number of nitrogens with zero attached hydrogens (tertiary/aromatic N) is 4. The Morgan fingerprint density at radius 1 is 0.938 bits per heavy atom. The molecule has 1 fully saturated rings. The lowest BCUT2D eigenvalue weighted by atomic mass is 9.90. The topological polar surface area (TPSA) is 83.4 Å². The molecule has 0 bridgehead atoms. The first-order valence-electron chi connectivity index (χ1n) is 10.8. The molecule has 4 aromatic rings. The maximum atomic E-state index is 10.1. The Balaban J connectivity index is 1.29. The lowest BCUT2D eigenvalue weighted by molar-refractivity contribution is 0.412. The molecule has 0 radical (unpaired) electrons. The molecule has 3 heterocycles. The van der Waals surface area contributed by atoms with Crippen molar-refractivity contribution in [2.75, 3.05) is 25.0 Å². The van der Waals surface area contributed by atoms with Gasteiger partial charge in [-0.1, -0.05) is 12.1 Å². The van der Waals surface area contributed by atoms with E-state index in [4.69, 9.17) is 4.74 Å². The van der Waals surface area contributed by atoms with Gasteiger partial charge in [0.25, 0.3) is 0 Å². The lowest BCUT2D eigenvalue weighted by Crippen LogP contribution is -2.26. The van der Waals surface area contributed by atoms with Crippen LogP contribution in [-0.4, -0.2) is 40.2 Å². The fraction of sp³-hybridized carbons (Fsp3) is 0.240. The summed E-state index contributed by atoms with van der Waals surface area (Å²) in [6, 6.07) is 18.3. The molecule has 1 aliphatic heterocycles. The lowest BCUT2D eigenvalue weighted by Gasteiger charge is -2.24. The summed E-state index contributed by atoms with van der Waals surface area (Å²) in [5, 5.41) is 14.1. The van der Waals surface area contributed by atoms with Gasteiger partial charge in [0, 0.05) is 24.6 Å². The highest BCUT2D eigenvalue weighted by Crippen LogP contribution is 2.31. The minimum Gasteiger partial charge on any atom is -0.493 e. The number of piperidine rings is 1. The van der Waals surface area contributed by atoms with Crippen LogP contribution < -0.4 is 15.0 Å². The molecule has 0 unspecified atom stereocenters. The van der Waals surface area contributed by atoms with Gasteiger partial charge in [-0.3, -0.25) is 4.98 Å². The molecular weight excluding hydrogens is 402 g/mol. The average Bonchev–Trinajstić information content (AvgIpc) is 2.85. The van der Waals surface area contributed by atoms with Crippen LogP contribution in [0.5, 0.6) is 17.6 Å². The zero-order valence-corrected chi connectivity index (χ0v) is 17.9. The summed E-state index contributed by atoms with van der Waals surface area (Å²) in [7, 11) is 2.05. The Bertz CT molecular complexity index is 1210. The number of hydrogen-bond acceptors (Lipinski definition) is 7. The van der Waals surface area contributed by atoms with E-state index in [1.165, 1.54) is 18.4 Å². The van der Waals surface area contributed by atoms with Crippen LogP contribution in [0.2, 0.25) is 0 Å². The zero-order valence-electron chi connectivity index (χ0n) is 17.9. The predicted molar refractivity (Wildman–Crippen MR) is 125 cm³/mol. The maximum Gasteiger partial charge on any atom is 0.325 e. The number of rotatable bonds is 5. The minimum absolute atomic E-state index is 0.0811. The third-order valence-corrected chi connectivity index (χ3v) is 5.98. The highest BCUT2D eigenvalue weighted by Gasteiger charge is 2.15. The third-order valence-electron chi connectivity index (χ3n) is 5.98. The second kappa shape index (κ2) is 8.80. The molecule has 1 aliphatic rings. The van der Waals surface area contributed by atoms with Crippen LogP contribution in [0.1, 0.15) is 24.3 Å². The molecule has 0 spiro atoms. The second-order valence-electron chi connectivity index (χ2n) is 7.99. The van der Waals surface area contributed by atoms with E-state index >= 15 is 0 Å². The Hall–Kier alpha value is -3.71. The zero-order chi connectivity index (χ0) is 21.9. The first-order valence-corrected chi connectivity index (χ1v) is 10.8. The van der Waals surface area contributed by atoms with Crippen LogP contribution in [0, 0.1) is 0 Å². The first kappa shape index (κ1) is 20.2. The molecule has 7 nitrogen and oxygen atoms in total. The number of aromatic nitrogens is 3. The van der Waals surface area contributed by atoms with Crippen LogP contribution in [0.4, 0.5) is 11.4 Å². The van der Waals surface area contributed by atoms with E-state index in [2.05, 4.69) is 49.4 Å². The number of benzene rings is 2. The summed E-state index contributed by atoms with van der Waals surface area (Å²) in [5.74, 6) is 1.11. The Labute approximate surface area is 186 Å². The normalized spacial score (nSPS) is 14.4. The largest absolute Gasteiger partial charge is 0.493 e. The standard InChI is InChI=1S/C25H25N5O2/c1-30(19-4-2-17(3-5-19)18-10-13-26-14-11-18)20-6-8-21(9-7-20)32-25-28-23-16-27-15-12-22(23)24(31)29-25/h2-9,12,15-16,18,26H,10-11,13-14H2,1H3,(H,28,29,31). The van der Waals surface area contributed by atoms with E-state index in [-0.39, 0.29) is 11.9 Å². The monoisotopic (exact) mass is 427 g/mol. The number of pyridine rings is 1. The fourth-order valence-corrected chi connectivity index (χ4v) is 4.11. The molecule has 1 saturated heterocycles. The van der Waals surface area contributed by atoms with Crippen molar-refractivity contribution >= 4 is 22.3 Å². The number of ether oxygens (including phenoxy) is 1. The Morgan fingerprint density at radius 3 is 2.34 bits per heavy atom. The summed E-state index contributed by atoms with van der Waals surface area (Å²) in [6.07, 6.45) is 5.55. The molecule has 32 heavy (non-hydrogen) atoms. The van der Waals surface area contributed by atoms with Gasteiger partial charge in [0.15, 0.2) is 0 Å². The summed E-state index contributed by atoms with van der Waals surface area (Å²) >= 11 is 0. The molecule has 7 heteroatoms. The van der Waals surface area contributed by atoms with Gasteiger partial charge in [-0.05, 0) is 79.9 Å². The maximum absolute atomic E-state index is 10.1. The van der Waals surface area contributed by atoms with Crippen molar-refractivity contribution in [2.45, 2.75) is 18.8 Å². The quantitative estimate of drug-likeness (QED) is 0.475. The molecule has 5 rings (SSSR count). The van der Waals surface area contributed by atoms with Gasteiger partial charge in [0.1, 0.15) is 5.75 Å². The molecule has 0 aliphatic carbocycles. The van der Waals surface area contributed by atoms with Crippen LogP contribution in [0.15, 0.2) is 67.0 Å². The predicted octanol–water partition coefficient (Wildman–Crippen LogP) is 4.76. The molecule has 2 N–H and O–H groups in total. The minimum atomic E-state index is -0.128. The van der Waals surface area contributed by atoms with Gasteiger partial charge in [0.2, 0.25) is 5.88 Å². The SMILES string of the molecule is CN(c1ccc(Oc2nc(O)c3ccncc3n2)cc1)c1ccc(C2CCNCC2)cc1. The van der Waals surface area contributed by atoms with E-state index < -0.39 is 0 Å². The first-order chi connectivity index (χ1) is 15.7. The molecule has 162 valence electrons. The highest BCUT2D eigenvalue weighted by molar-refractivity contribution is 5.82. The molecule has 0 atom stereocenters. The van der Waals surface area contributed by atoms with Crippen LogP contribution in [-0.2, 0) is 0 Å². The summed E-state index contributed by atoms with van der Waals surface area (Å²) in [4.78, 5) is 14.5. The van der Waals surface area contributed by atoms with E-state index in [0.29, 0.717) is 22.6 Å². The van der Waals surface area contributed by atoms with Gasteiger partial charge in [-0.2, -0.15) is 9.97 Å². The van der Waals surface area contributed by atoms with Crippen LogP contribution in [0.3, 0.4) is 0 Å². The summed E-state index contributed by atoms with van der Waals surface area (Å²) in [5.41, 5.74) is 4.12. The molecule has 2 aromatic heterocycles. The third kappa shape index (κ3) is 4.20. The van der Waals surface area contributed by atoms with Crippen LogP contribution >= 0.6 is 0 Å². The number of aromatic hydroxyl groups is 1. The molecular formula is C25H25N5O2. The highest BCUT2D eigenvalue weighted by atomic mass is 16.5. The number of nitrogens with one attached hydrogen (secondary N) is 1. The van der Waals surface area contributed by atoms with Gasteiger partial charge in [-0.25, -0.2) is 0 Å².